The average Bonchev–Trinajstić information content (AvgIpc) is 3.49. The van der Waals surface area contributed by atoms with Crippen LogP contribution in [0.4, 0.5) is 0 Å². The van der Waals surface area contributed by atoms with Crippen molar-refractivity contribution in [3.8, 4) is 22.3 Å². The van der Waals surface area contributed by atoms with Crippen LogP contribution in [0.2, 0.25) is 0 Å². The minimum absolute atomic E-state index is 0.0215. The Labute approximate surface area is 232 Å². The minimum atomic E-state index is -0.0215. The third-order valence-corrected chi connectivity index (χ3v) is 9.13. The highest BCUT2D eigenvalue weighted by Gasteiger charge is 2.35. The number of para-hydroxylation sites is 2. The zero-order valence-electron chi connectivity index (χ0n) is 22.4. The van der Waals surface area contributed by atoms with Gasteiger partial charge in [0.25, 0.3) is 0 Å². The maximum Gasteiger partial charge on any atom is 0.146 e. The van der Waals surface area contributed by atoms with Crippen molar-refractivity contribution in [2.75, 3.05) is 0 Å². The fraction of sp³-hybridized carbons (Fsp3) is 0.0789. The summed E-state index contributed by atoms with van der Waals surface area (Å²) in [4.78, 5) is 5.12. The van der Waals surface area contributed by atoms with Crippen molar-refractivity contribution in [3.63, 3.8) is 0 Å². The van der Waals surface area contributed by atoms with Crippen LogP contribution in [-0.2, 0) is 5.41 Å². The lowest BCUT2D eigenvalue weighted by molar-refractivity contribution is 0.660. The van der Waals surface area contributed by atoms with Gasteiger partial charge in [-0.1, -0.05) is 92.7 Å². The summed E-state index contributed by atoms with van der Waals surface area (Å²) in [7, 11) is 0. The topological polar surface area (TPSA) is 17.3 Å². The van der Waals surface area contributed by atoms with Gasteiger partial charge in [0, 0.05) is 16.2 Å². The van der Waals surface area contributed by atoms with Crippen LogP contribution in [0.1, 0.15) is 25.0 Å². The number of hydrogen-bond acceptors (Lipinski definition) is 1. The monoisotopic (exact) mass is 510 g/mol. The summed E-state index contributed by atoms with van der Waals surface area (Å²) in [5.74, 6) is 0. The van der Waals surface area contributed by atoms with Crippen LogP contribution in [0, 0.1) is 0 Å². The molecule has 0 unspecified atom stereocenters. The van der Waals surface area contributed by atoms with E-state index in [1.807, 2.05) is 0 Å². The summed E-state index contributed by atoms with van der Waals surface area (Å²) in [6.45, 7) is 4.70. The largest absolute Gasteiger partial charge is 0.292 e. The van der Waals surface area contributed by atoms with Crippen molar-refractivity contribution >= 4 is 49.1 Å². The molecule has 0 spiro atoms. The second kappa shape index (κ2) is 7.58. The van der Waals surface area contributed by atoms with E-state index in [1.165, 1.54) is 65.8 Å². The SMILES string of the molecule is CC1(C)c2ccccc2-c2ccc(-c3ccc4c(c3)c3cc5ccccc5cc3c3nc5ccccc5n43)cc21. The zero-order chi connectivity index (χ0) is 26.6. The number of rotatable bonds is 1. The Morgan fingerprint density at radius 1 is 0.525 bits per heavy atom. The summed E-state index contributed by atoms with van der Waals surface area (Å²) < 4.78 is 2.34. The van der Waals surface area contributed by atoms with Crippen molar-refractivity contribution < 1.29 is 0 Å². The predicted molar refractivity (Wildman–Crippen MR) is 168 cm³/mol. The van der Waals surface area contributed by atoms with Crippen LogP contribution in [0.25, 0.3) is 71.4 Å². The number of benzene rings is 6. The summed E-state index contributed by atoms with van der Waals surface area (Å²) in [5, 5.41) is 6.16. The van der Waals surface area contributed by atoms with E-state index in [-0.39, 0.29) is 5.41 Å². The summed E-state index contributed by atoms with van der Waals surface area (Å²) in [6, 6.07) is 44.6. The number of hydrogen-bond donors (Lipinski definition) is 0. The molecule has 2 nitrogen and oxygen atoms in total. The molecular weight excluding hydrogens is 484 g/mol. The van der Waals surface area contributed by atoms with Gasteiger partial charge in [-0.05, 0) is 92.0 Å². The minimum Gasteiger partial charge on any atom is -0.292 e. The highest BCUT2D eigenvalue weighted by Crippen LogP contribution is 2.49. The van der Waals surface area contributed by atoms with Gasteiger partial charge in [-0.15, -0.1) is 0 Å². The fourth-order valence-electron chi connectivity index (χ4n) is 7.11. The van der Waals surface area contributed by atoms with Gasteiger partial charge in [0.2, 0.25) is 0 Å². The van der Waals surface area contributed by atoms with Gasteiger partial charge in [-0.25, -0.2) is 4.98 Å². The number of fused-ring (bicyclic) bond motifs is 12. The molecule has 0 radical (unpaired) electrons. The van der Waals surface area contributed by atoms with Crippen LogP contribution in [0.5, 0.6) is 0 Å². The molecule has 0 saturated carbocycles. The van der Waals surface area contributed by atoms with Gasteiger partial charge in [-0.3, -0.25) is 4.40 Å². The molecule has 0 amide bonds. The molecule has 1 aliphatic carbocycles. The number of aromatic nitrogens is 2. The first-order valence-corrected chi connectivity index (χ1v) is 14.0. The fourth-order valence-corrected chi connectivity index (χ4v) is 7.11. The van der Waals surface area contributed by atoms with Crippen LogP contribution in [0.15, 0.2) is 121 Å². The third kappa shape index (κ3) is 2.80. The molecule has 0 aliphatic heterocycles. The molecule has 2 aromatic heterocycles. The first-order valence-electron chi connectivity index (χ1n) is 14.0. The molecule has 0 atom stereocenters. The van der Waals surface area contributed by atoms with Crippen molar-refractivity contribution in [3.05, 3.63) is 132 Å². The summed E-state index contributed by atoms with van der Waals surface area (Å²) in [5.41, 5.74) is 12.4. The average molecular weight is 511 g/mol. The smallest absolute Gasteiger partial charge is 0.146 e. The van der Waals surface area contributed by atoms with Crippen molar-refractivity contribution in [2.24, 2.45) is 0 Å². The van der Waals surface area contributed by atoms with Crippen LogP contribution < -0.4 is 0 Å². The van der Waals surface area contributed by atoms with Crippen LogP contribution >= 0.6 is 0 Å². The number of pyridine rings is 1. The maximum atomic E-state index is 5.12. The molecule has 6 aromatic carbocycles. The van der Waals surface area contributed by atoms with E-state index in [1.54, 1.807) is 0 Å². The van der Waals surface area contributed by atoms with E-state index in [0.717, 1.165) is 16.7 Å². The quantitative estimate of drug-likeness (QED) is 0.159. The first kappa shape index (κ1) is 21.9. The van der Waals surface area contributed by atoms with Crippen molar-refractivity contribution in [2.45, 2.75) is 19.3 Å². The second-order valence-corrected chi connectivity index (χ2v) is 11.7. The Kier molecular flexibility index (Phi) is 4.15. The van der Waals surface area contributed by atoms with Crippen LogP contribution in [0.3, 0.4) is 0 Å². The highest BCUT2D eigenvalue weighted by molar-refractivity contribution is 6.18. The molecule has 8 aromatic rings. The van der Waals surface area contributed by atoms with Crippen LogP contribution in [-0.4, -0.2) is 9.38 Å². The molecule has 9 rings (SSSR count). The maximum absolute atomic E-state index is 5.12. The molecule has 0 saturated heterocycles. The highest BCUT2D eigenvalue weighted by atomic mass is 15.0. The number of imidazole rings is 1. The molecule has 0 N–H and O–H groups in total. The molecular formula is C38H26N2. The van der Waals surface area contributed by atoms with Gasteiger partial charge in [0.15, 0.2) is 0 Å². The third-order valence-electron chi connectivity index (χ3n) is 9.13. The molecule has 0 bridgehead atoms. The van der Waals surface area contributed by atoms with E-state index in [0.29, 0.717) is 0 Å². The molecule has 1 aliphatic rings. The van der Waals surface area contributed by atoms with E-state index in [4.69, 9.17) is 4.98 Å². The van der Waals surface area contributed by atoms with Gasteiger partial charge >= 0.3 is 0 Å². The molecule has 40 heavy (non-hydrogen) atoms. The number of nitrogens with zero attached hydrogens (tertiary/aromatic N) is 2. The van der Waals surface area contributed by atoms with E-state index in [9.17, 15) is 0 Å². The lowest BCUT2D eigenvalue weighted by Gasteiger charge is -2.22. The lowest BCUT2D eigenvalue weighted by Crippen LogP contribution is -2.14. The second-order valence-electron chi connectivity index (χ2n) is 11.7. The Hall–Kier alpha value is -4.95. The zero-order valence-corrected chi connectivity index (χ0v) is 22.4. The lowest BCUT2D eigenvalue weighted by atomic mass is 9.81. The Balaban J connectivity index is 1.36. The Bertz CT molecular complexity index is 2350. The van der Waals surface area contributed by atoms with Crippen molar-refractivity contribution in [1.82, 2.24) is 9.38 Å². The Morgan fingerprint density at radius 2 is 1.20 bits per heavy atom. The van der Waals surface area contributed by atoms with Gasteiger partial charge in [0.05, 0.1) is 16.6 Å². The molecule has 2 heterocycles. The van der Waals surface area contributed by atoms with Gasteiger partial charge in [0.1, 0.15) is 5.65 Å². The molecule has 0 fully saturated rings. The van der Waals surface area contributed by atoms with Gasteiger partial charge in [-0.2, -0.15) is 0 Å². The summed E-state index contributed by atoms with van der Waals surface area (Å²) in [6.07, 6.45) is 0. The summed E-state index contributed by atoms with van der Waals surface area (Å²) >= 11 is 0. The standard InChI is InChI=1S/C38H26N2/c1-38(2)32-12-6-5-11-27(32)28-17-15-26(22-33(28)38)25-16-18-35-30(20-25)29-19-23-9-3-4-10-24(23)21-31(29)37-39-34-13-7-8-14-36(34)40(35)37/h3-22H,1-2H3. The van der Waals surface area contributed by atoms with E-state index < -0.39 is 0 Å². The predicted octanol–water partition coefficient (Wildman–Crippen LogP) is 9.92. The Morgan fingerprint density at radius 3 is 2.08 bits per heavy atom. The normalized spacial score (nSPS) is 13.9. The van der Waals surface area contributed by atoms with Crippen molar-refractivity contribution in [1.29, 1.82) is 0 Å². The van der Waals surface area contributed by atoms with Gasteiger partial charge < -0.3 is 0 Å². The van der Waals surface area contributed by atoms with E-state index >= 15 is 0 Å². The molecule has 188 valence electrons. The first-order chi connectivity index (χ1) is 19.6. The molecule has 2 heteroatoms. The van der Waals surface area contributed by atoms with E-state index in [2.05, 4.69) is 140 Å².